The third-order valence-corrected chi connectivity index (χ3v) is 7.54. The monoisotopic (exact) mass is 542 g/mol. The number of hydrogen-bond acceptors (Lipinski definition) is 8. The number of sulfonamides is 1. The van der Waals surface area contributed by atoms with E-state index in [1.807, 2.05) is 36.4 Å². The Hall–Kier alpha value is -3.65. The summed E-state index contributed by atoms with van der Waals surface area (Å²) in [5.41, 5.74) is 1.68. The number of nitrogens with one attached hydrogen (secondary N) is 2. The largest absolute Gasteiger partial charge is 0.478 e. The topological polar surface area (TPSA) is 182 Å². The number of aliphatic hydroxyl groups is 3. The zero-order valence-electron chi connectivity index (χ0n) is 19.8. The molecule has 0 spiro atoms. The summed E-state index contributed by atoms with van der Waals surface area (Å²) >= 11 is 0. The van der Waals surface area contributed by atoms with Crippen LogP contribution in [0.1, 0.15) is 20.7 Å². The molecule has 1 aliphatic rings. The van der Waals surface area contributed by atoms with Gasteiger partial charge in [-0.15, -0.1) is 0 Å². The molecule has 12 heteroatoms. The van der Waals surface area contributed by atoms with Crippen LogP contribution in [0, 0.1) is 0 Å². The number of amides is 1. The van der Waals surface area contributed by atoms with Crippen LogP contribution >= 0.6 is 0 Å². The van der Waals surface area contributed by atoms with Crippen LogP contribution in [0.25, 0.3) is 11.1 Å². The maximum absolute atomic E-state index is 12.9. The number of rotatable bonds is 8. The van der Waals surface area contributed by atoms with Gasteiger partial charge in [-0.25, -0.2) is 17.9 Å². The van der Waals surface area contributed by atoms with Gasteiger partial charge in [0.05, 0.1) is 10.5 Å². The molecule has 38 heavy (non-hydrogen) atoms. The molecule has 0 radical (unpaired) electrons. The number of carbonyl (C=O) groups excluding carboxylic acids is 1. The van der Waals surface area contributed by atoms with Crippen LogP contribution in [0.4, 0.5) is 0 Å². The summed E-state index contributed by atoms with van der Waals surface area (Å²) in [4.78, 5) is 23.7. The number of benzene rings is 3. The second-order valence-corrected chi connectivity index (χ2v) is 10.4. The Morgan fingerprint density at radius 3 is 2.18 bits per heavy atom. The summed E-state index contributed by atoms with van der Waals surface area (Å²) < 4.78 is 32.7. The first-order valence-corrected chi connectivity index (χ1v) is 13.0. The van der Waals surface area contributed by atoms with Crippen molar-refractivity contribution in [1.29, 1.82) is 0 Å². The fraction of sp³-hybridized carbons (Fsp3) is 0.231. The van der Waals surface area contributed by atoms with Gasteiger partial charge in [-0.3, -0.25) is 4.79 Å². The lowest BCUT2D eigenvalue weighted by Gasteiger charge is -2.41. The highest BCUT2D eigenvalue weighted by Gasteiger charge is 2.45. The summed E-state index contributed by atoms with van der Waals surface area (Å²) in [7, 11) is -4.21. The molecule has 1 amide bonds. The van der Waals surface area contributed by atoms with Gasteiger partial charge in [0.25, 0.3) is 5.91 Å². The molecular formula is C26H26N2O9S. The maximum Gasteiger partial charge on any atom is 0.335 e. The van der Waals surface area contributed by atoms with Gasteiger partial charge in [0.2, 0.25) is 10.0 Å². The normalized spacial score (nSPS) is 23.5. The van der Waals surface area contributed by atoms with Crippen molar-refractivity contribution in [2.45, 2.75) is 35.5 Å². The molecule has 6 N–H and O–H groups in total. The molecule has 0 bridgehead atoms. The van der Waals surface area contributed by atoms with Gasteiger partial charge >= 0.3 is 5.97 Å². The minimum Gasteiger partial charge on any atom is -0.478 e. The maximum atomic E-state index is 12.9. The van der Waals surface area contributed by atoms with E-state index in [2.05, 4.69) is 10.0 Å². The van der Waals surface area contributed by atoms with Gasteiger partial charge in [-0.05, 0) is 41.5 Å². The van der Waals surface area contributed by atoms with Gasteiger partial charge in [-0.1, -0.05) is 48.5 Å². The predicted molar refractivity (Wildman–Crippen MR) is 135 cm³/mol. The van der Waals surface area contributed by atoms with Crippen LogP contribution in [0.2, 0.25) is 0 Å². The lowest BCUT2D eigenvalue weighted by Crippen LogP contribution is -2.65. The summed E-state index contributed by atoms with van der Waals surface area (Å²) in [6.07, 6.45) is -6.50. The van der Waals surface area contributed by atoms with E-state index in [9.17, 15) is 33.3 Å². The van der Waals surface area contributed by atoms with Crippen molar-refractivity contribution in [2.24, 2.45) is 0 Å². The number of aromatic carboxylic acids is 1. The molecular weight excluding hydrogens is 516 g/mol. The van der Waals surface area contributed by atoms with Gasteiger partial charge < -0.3 is 30.5 Å². The lowest BCUT2D eigenvalue weighted by atomic mass is 9.96. The highest BCUT2D eigenvalue weighted by Crippen LogP contribution is 2.23. The fourth-order valence-electron chi connectivity index (χ4n) is 4.05. The highest BCUT2D eigenvalue weighted by molar-refractivity contribution is 7.89. The molecule has 4 rings (SSSR count). The molecule has 3 aromatic rings. The van der Waals surface area contributed by atoms with E-state index in [1.165, 1.54) is 18.2 Å². The molecule has 1 fully saturated rings. The van der Waals surface area contributed by atoms with Crippen molar-refractivity contribution in [2.75, 3.05) is 6.54 Å². The zero-order valence-corrected chi connectivity index (χ0v) is 20.7. The van der Waals surface area contributed by atoms with Gasteiger partial charge in [0, 0.05) is 12.1 Å². The number of carboxylic acid groups (broad SMARTS) is 1. The van der Waals surface area contributed by atoms with Crippen molar-refractivity contribution >= 4 is 21.9 Å². The number of carbonyl (C=O) groups is 2. The van der Waals surface area contributed by atoms with Crippen LogP contribution in [0.5, 0.6) is 0 Å². The van der Waals surface area contributed by atoms with Crippen molar-refractivity contribution < 1.29 is 43.2 Å². The summed E-state index contributed by atoms with van der Waals surface area (Å²) in [6.45, 7) is -0.547. The molecule has 3 aromatic carbocycles. The van der Waals surface area contributed by atoms with Crippen molar-refractivity contribution in [3.05, 3.63) is 90.0 Å². The fourth-order valence-corrected chi connectivity index (χ4v) is 5.14. The first kappa shape index (κ1) is 27.4. The average Bonchev–Trinajstić information content (AvgIpc) is 2.92. The number of ether oxygens (including phenoxy) is 1. The Labute approximate surface area is 218 Å². The van der Waals surface area contributed by atoms with Crippen molar-refractivity contribution in [1.82, 2.24) is 10.0 Å². The van der Waals surface area contributed by atoms with Crippen LogP contribution < -0.4 is 10.0 Å². The van der Waals surface area contributed by atoms with Crippen LogP contribution in [0.15, 0.2) is 83.8 Å². The van der Waals surface area contributed by atoms with Crippen molar-refractivity contribution in [3.8, 4) is 11.1 Å². The molecule has 200 valence electrons. The second kappa shape index (κ2) is 11.4. The third kappa shape index (κ3) is 6.07. The molecule has 11 nitrogen and oxygen atoms in total. The minimum atomic E-state index is -4.21. The van der Waals surface area contributed by atoms with E-state index in [0.717, 1.165) is 17.2 Å². The Bertz CT molecular complexity index is 1410. The van der Waals surface area contributed by atoms with Crippen molar-refractivity contribution in [3.63, 3.8) is 0 Å². The summed E-state index contributed by atoms with van der Waals surface area (Å²) in [6, 6.07) is 19.3. The smallest absolute Gasteiger partial charge is 0.335 e. The minimum absolute atomic E-state index is 0.236. The molecule has 1 aliphatic heterocycles. The van der Waals surface area contributed by atoms with Crippen LogP contribution in [-0.4, -0.2) is 77.9 Å². The van der Waals surface area contributed by atoms with E-state index in [-0.39, 0.29) is 16.0 Å². The van der Waals surface area contributed by atoms with E-state index in [1.54, 1.807) is 18.2 Å². The van der Waals surface area contributed by atoms with E-state index in [4.69, 9.17) is 9.84 Å². The summed E-state index contributed by atoms with van der Waals surface area (Å²) in [5.74, 6) is -1.93. The molecule has 0 aliphatic carbocycles. The van der Waals surface area contributed by atoms with Crippen LogP contribution in [0.3, 0.4) is 0 Å². The molecule has 5 atom stereocenters. The second-order valence-electron chi connectivity index (χ2n) is 8.68. The van der Waals surface area contributed by atoms with Crippen LogP contribution in [-0.2, 0) is 14.8 Å². The average molecular weight is 543 g/mol. The first-order valence-electron chi connectivity index (χ1n) is 11.6. The molecule has 1 heterocycles. The lowest BCUT2D eigenvalue weighted by molar-refractivity contribution is -0.243. The van der Waals surface area contributed by atoms with Gasteiger partial charge in [-0.2, -0.15) is 0 Å². The van der Waals surface area contributed by atoms with Gasteiger partial charge in [0.1, 0.15) is 24.4 Å². The van der Waals surface area contributed by atoms with E-state index >= 15 is 0 Å². The van der Waals surface area contributed by atoms with E-state index < -0.39 is 59.1 Å². The quantitative estimate of drug-likeness (QED) is 0.237. The SMILES string of the molecule is O=C(O)c1cccc(S(=O)(=O)NC[C@H]2OC(O)[C@H](NC(=O)c3cccc(-c4ccccc4)c3)[C@@H](O)[C@@H]2O)c1. The first-order chi connectivity index (χ1) is 18.1. The Balaban J connectivity index is 1.41. The molecule has 1 saturated heterocycles. The third-order valence-electron chi connectivity index (χ3n) is 6.12. The molecule has 0 aromatic heterocycles. The van der Waals surface area contributed by atoms with E-state index in [0.29, 0.717) is 0 Å². The molecule has 0 saturated carbocycles. The number of carboxylic acids is 1. The molecule has 1 unspecified atom stereocenters. The Morgan fingerprint density at radius 2 is 1.47 bits per heavy atom. The Morgan fingerprint density at radius 1 is 0.816 bits per heavy atom. The standard InChI is InChI=1S/C26H26N2O9S/c29-22-20(14-27-38(35,36)19-11-5-10-18(13-19)25(32)33)37-26(34)21(23(22)30)28-24(31)17-9-4-8-16(12-17)15-6-2-1-3-7-15/h1-13,20-23,26-27,29-30,34H,14H2,(H,28,31)(H,32,33)/t20-,21-,22-,23-,26?/m1/s1. The van der Waals surface area contributed by atoms with Gasteiger partial charge in [0.15, 0.2) is 6.29 Å². The summed E-state index contributed by atoms with van der Waals surface area (Å²) in [5, 5.41) is 43.1. The number of hydrogen-bond donors (Lipinski definition) is 6. The zero-order chi connectivity index (χ0) is 27.4. The highest BCUT2D eigenvalue weighted by atomic mass is 32.2. The Kier molecular flexibility index (Phi) is 8.21. The predicted octanol–water partition coefficient (Wildman–Crippen LogP) is 0.568. The number of aliphatic hydroxyl groups excluding tert-OH is 3.